The molecular weight excluding hydrogens is 513 g/mol. The summed E-state index contributed by atoms with van der Waals surface area (Å²) in [6, 6.07) is 14.0. The highest BCUT2D eigenvalue weighted by Gasteiger charge is 2.26. The Hall–Kier alpha value is -3.07. The highest BCUT2D eigenvalue weighted by Crippen LogP contribution is 2.30. The zero-order chi connectivity index (χ0) is 26.7. The molecule has 0 saturated carbocycles. The minimum atomic E-state index is -0.479. The number of urea groups is 1. The van der Waals surface area contributed by atoms with E-state index >= 15 is 0 Å². The Morgan fingerprint density at radius 3 is 2.49 bits per heavy atom. The lowest BCUT2D eigenvalue weighted by atomic mass is 9.92. The fourth-order valence-electron chi connectivity index (χ4n) is 4.09. The first-order valence-corrected chi connectivity index (χ1v) is 12.8. The molecule has 3 amide bonds. The number of carbonyl (C=O) groups is 2. The van der Waals surface area contributed by atoms with Gasteiger partial charge in [0.15, 0.2) is 0 Å². The number of hydrogen-bond donors (Lipinski definition) is 2. The van der Waals surface area contributed by atoms with Crippen molar-refractivity contribution in [3.8, 4) is 5.69 Å². The lowest BCUT2D eigenvalue weighted by Gasteiger charge is -2.16. The molecule has 0 radical (unpaired) electrons. The molecule has 8 nitrogen and oxygen atoms in total. The Kier molecular flexibility index (Phi) is 8.11. The second kappa shape index (κ2) is 11.1. The smallest absolute Gasteiger partial charge is 0.324 e. The molecule has 1 saturated heterocycles. The van der Waals surface area contributed by atoms with E-state index < -0.39 is 6.03 Å². The second-order valence-electron chi connectivity index (χ2n) is 10.1. The van der Waals surface area contributed by atoms with Gasteiger partial charge in [0.05, 0.1) is 39.6 Å². The quantitative estimate of drug-likeness (QED) is 0.404. The summed E-state index contributed by atoms with van der Waals surface area (Å²) in [4.78, 5) is 27.4. The predicted molar refractivity (Wildman–Crippen MR) is 147 cm³/mol. The molecule has 4 rings (SSSR count). The third-order valence-corrected chi connectivity index (χ3v) is 7.11. The van der Waals surface area contributed by atoms with Crippen LogP contribution in [0.4, 0.5) is 16.3 Å². The number of nitrogens with one attached hydrogen (secondary N) is 2. The molecule has 0 spiro atoms. The minimum Gasteiger partial charge on any atom is -0.380 e. The van der Waals surface area contributed by atoms with E-state index in [1.807, 2.05) is 35.2 Å². The van der Waals surface area contributed by atoms with Gasteiger partial charge in [0.2, 0.25) is 5.91 Å². The van der Waals surface area contributed by atoms with Crippen LogP contribution in [0, 0.1) is 0 Å². The molecule has 10 heteroatoms. The third kappa shape index (κ3) is 6.44. The second-order valence-corrected chi connectivity index (χ2v) is 10.9. The molecule has 196 valence electrons. The molecule has 1 aliphatic rings. The Morgan fingerprint density at radius 1 is 1.11 bits per heavy atom. The average molecular weight is 544 g/mol. The van der Waals surface area contributed by atoms with Gasteiger partial charge in [0, 0.05) is 31.7 Å². The molecule has 1 atom stereocenters. The van der Waals surface area contributed by atoms with E-state index in [1.54, 1.807) is 30.0 Å². The number of benzene rings is 2. The standard InChI is InChI=1S/C27H31Cl2N5O3/c1-27(2,3)22-15-23(31-26(36)30-21-7-5-6-20(28)25(21)29)34(32-22)18-10-8-17(9-11-18)14-24(35)33-13-12-19(16-33)37-4/h5-11,15,19H,12-14,16H2,1-4H3,(H2,30,31,36). The van der Waals surface area contributed by atoms with Crippen LogP contribution in [0.3, 0.4) is 0 Å². The number of ether oxygens (including phenoxy) is 1. The van der Waals surface area contributed by atoms with Gasteiger partial charge in [0.1, 0.15) is 5.82 Å². The molecule has 3 aromatic rings. The van der Waals surface area contributed by atoms with Gasteiger partial charge in [-0.05, 0) is 36.2 Å². The van der Waals surface area contributed by atoms with Crippen LogP contribution in [0.1, 0.15) is 38.4 Å². The van der Waals surface area contributed by atoms with E-state index in [0.29, 0.717) is 29.5 Å². The molecule has 2 heterocycles. The number of hydrogen-bond acceptors (Lipinski definition) is 4. The molecule has 2 aromatic carbocycles. The SMILES string of the molecule is COC1CCN(C(=O)Cc2ccc(-n3nc(C(C)(C)C)cc3NC(=O)Nc3cccc(Cl)c3Cl)cc2)C1. The Labute approximate surface area is 226 Å². The van der Waals surface area contributed by atoms with Crippen molar-refractivity contribution in [1.29, 1.82) is 0 Å². The molecule has 1 aliphatic heterocycles. The van der Waals surface area contributed by atoms with Crippen LogP contribution in [-0.4, -0.2) is 52.9 Å². The maximum atomic E-state index is 12.8. The van der Waals surface area contributed by atoms with Gasteiger partial charge in [-0.3, -0.25) is 10.1 Å². The molecular formula is C27H31Cl2N5O3. The first-order valence-electron chi connectivity index (χ1n) is 12.1. The molecule has 0 aliphatic carbocycles. The van der Waals surface area contributed by atoms with Crippen molar-refractivity contribution in [1.82, 2.24) is 14.7 Å². The van der Waals surface area contributed by atoms with Crippen LogP contribution in [0.25, 0.3) is 5.69 Å². The fraction of sp³-hybridized carbons (Fsp3) is 0.370. The van der Waals surface area contributed by atoms with Crippen molar-refractivity contribution in [3.05, 3.63) is 69.8 Å². The monoisotopic (exact) mass is 543 g/mol. The van der Waals surface area contributed by atoms with Crippen LogP contribution < -0.4 is 10.6 Å². The van der Waals surface area contributed by atoms with Gasteiger partial charge in [-0.1, -0.05) is 62.2 Å². The summed E-state index contributed by atoms with van der Waals surface area (Å²) < 4.78 is 7.04. The van der Waals surface area contributed by atoms with Crippen molar-refractivity contribution in [3.63, 3.8) is 0 Å². The summed E-state index contributed by atoms with van der Waals surface area (Å²) in [6.07, 6.45) is 1.29. The van der Waals surface area contributed by atoms with E-state index in [0.717, 1.165) is 29.9 Å². The summed E-state index contributed by atoms with van der Waals surface area (Å²) in [6.45, 7) is 7.51. The van der Waals surface area contributed by atoms with Gasteiger partial charge in [-0.2, -0.15) is 5.10 Å². The zero-order valence-electron chi connectivity index (χ0n) is 21.3. The van der Waals surface area contributed by atoms with Crippen LogP contribution in [-0.2, 0) is 21.4 Å². The Morgan fingerprint density at radius 2 is 1.84 bits per heavy atom. The van der Waals surface area contributed by atoms with Gasteiger partial charge in [0.25, 0.3) is 0 Å². The summed E-state index contributed by atoms with van der Waals surface area (Å²) >= 11 is 12.3. The first-order chi connectivity index (χ1) is 17.5. The van der Waals surface area contributed by atoms with Crippen LogP contribution in [0.5, 0.6) is 0 Å². The summed E-state index contributed by atoms with van der Waals surface area (Å²) in [5, 5.41) is 11.0. The highest BCUT2D eigenvalue weighted by atomic mass is 35.5. The number of nitrogens with zero attached hydrogens (tertiary/aromatic N) is 3. The maximum absolute atomic E-state index is 12.8. The number of amides is 3. The minimum absolute atomic E-state index is 0.0834. The number of methoxy groups -OCH3 is 1. The largest absolute Gasteiger partial charge is 0.380 e. The van der Waals surface area contributed by atoms with E-state index in [2.05, 4.69) is 31.4 Å². The third-order valence-electron chi connectivity index (χ3n) is 6.29. The molecule has 2 N–H and O–H groups in total. The fourth-order valence-corrected chi connectivity index (χ4v) is 4.44. The zero-order valence-corrected chi connectivity index (χ0v) is 22.9. The summed E-state index contributed by atoms with van der Waals surface area (Å²) in [7, 11) is 1.68. The highest BCUT2D eigenvalue weighted by molar-refractivity contribution is 6.44. The molecule has 1 fully saturated rings. The van der Waals surface area contributed by atoms with Crippen molar-refractivity contribution in [2.45, 2.75) is 45.1 Å². The molecule has 1 unspecified atom stereocenters. The Balaban J connectivity index is 1.52. The lowest BCUT2D eigenvalue weighted by molar-refractivity contribution is -0.129. The van der Waals surface area contributed by atoms with Gasteiger partial charge in [-0.25, -0.2) is 9.48 Å². The van der Waals surface area contributed by atoms with Crippen LogP contribution in [0.15, 0.2) is 48.5 Å². The number of halogens is 2. The van der Waals surface area contributed by atoms with E-state index in [4.69, 9.17) is 33.0 Å². The van der Waals surface area contributed by atoms with Crippen molar-refractivity contribution < 1.29 is 14.3 Å². The van der Waals surface area contributed by atoms with Crippen LogP contribution >= 0.6 is 23.2 Å². The van der Waals surface area contributed by atoms with Crippen molar-refractivity contribution in [2.24, 2.45) is 0 Å². The predicted octanol–water partition coefficient (Wildman–Crippen LogP) is 5.91. The van der Waals surface area contributed by atoms with E-state index in [1.165, 1.54) is 0 Å². The number of rotatable bonds is 6. The number of carbonyl (C=O) groups excluding carboxylic acids is 2. The number of likely N-dealkylation sites (tertiary alicyclic amines) is 1. The topological polar surface area (TPSA) is 88.5 Å². The van der Waals surface area contributed by atoms with Gasteiger partial charge in [-0.15, -0.1) is 0 Å². The normalized spacial score (nSPS) is 15.6. The lowest BCUT2D eigenvalue weighted by Crippen LogP contribution is -2.31. The number of anilines is 2. The van der Waals surface area contributed by atoms with Gasteiger partial charge >= 0.3 is 6.03 Å². The Bertz CT molecular complexity index is 1280. The van der Waals surface area contributed by atoms with E-state index in [9.17, 15) is 9.59 Å². The van der Waals surface area contributed by atoms with E-state index in [-0.39, 0.29) is 22.4 Å². The maximum Gasteiger partial charge on any atom is 0.324 e. The average Bonchev–Trinajstić information content (AvgIpc) is 3.50. The van der Waals surface area contributed by atoms with Crippen LogP contribution in [0.2, 0.25) is 10.0 Å². The molecule has 0 bridgehead atoms. The molecule has 1 aromatic heterocycles. The van der Waals surface area contributed by atoms with Crippen molar-refractivity contribution in [2.75, 3.05) is 30.8 Å². The molecule has 37 heavy (non-hydrogen) atoms. The summed E-state index contributed by atoms with van der Waals surface area (Å²) in [5.41, 5.74) is 2.63. The summed E-state index contributed by atoms with van der Waals surface area (Å²) in [5.74, 6) is 0.576. The first kappa shape index (κ1) is 27.0. The van der Waals surface area contributed by atoms with Gasteiger partial charge < -0.3 is 15.0 Å². The van der Waals surface area contributed by atoms with Crippen molar-refractivity contribution >= 4 is 46.6 Å². The number of aromatic nitrogens is 2.